The van der Waals surface area contributed by atoms with Crippen LogP contribution in [0.3, 0.4) is 0 Å². The van der Waals surface area contributed by atoms with Crippen molar-refractivity contribution in [3.8, 4) is 33.4 Å². The first-order valence-electron chi connectivity index (χ1n) is 17.7. The standard InChI is InChI=1S/C48H38N2/c1-47(2)38-16-9-8-15-36(38)37-27-23-33(29-41(37)47)32-21-25-35(26-22-32)49-43-28-24-34(31-13-6-5-7-14-31)30-45(43)50-42-19-11-10-17-39(42)48(3,4)40-18-12-20-44(49)46(40)50/h5-30H,1-4H3. The van der Waals surface area contributed by atoms with E-state index in [9.17, 15) is 0 Å². The van der Waals surface area contributed by atoms with E-state index in [-0.39, 0.29) is 10.8 Å². The van der Waals surface area contributed by atoms with E-state index in [1.165, 1.54) is 84.1 Å². The summed E-state index contributed by atoms with van der Waals surface area (Å²) in [6.45, 7) is 9.44. The Bertz CT molecular complexity index is 2490. The van der Waals surface area contributed by atoms with Crippen LogP contribution in [0.2, 0.25) is 0 Å². The summed E-state index contributed by atoms with van der Waals surface area (Å²) in [4.78, 5) is 4.98. The molecule has 0 amide bonds. The summed E-state index contributed by atoms with van der Waals surface area (Å²) in [7, 11) is 0. The van der Waals surface area contributed by atoms with Gasteiger partial charge in [-0.3, -0.25) is 0 Å². The molecule has 2 nitrogen and oxygen atoms in total. The van der Waals surface area contributed by atoms with Crippen molar-refractivity contribution in [3.05, 3.63) is 180 Å². The molecule has 0 saturated heterocycles. The van der Waals surface area contributed by atoms with Crippen molar-refractivity contribution in [3.63, 3.8) is 0 Å². The molecule has 7 aromatic carbocycles. The van der Waals surface area contributed by atoms with E-state index in [0.717, 1.165) is 5.69 Å². The van der Waals surface area contributed by atoms with E-state index in [1.807, 2.05) is 0 Å². The van der Waals surface area contributed by atoms with Gasteiger partial charge >= 0.3 is 0 Å². The van der Waals surface area contributed by atoms with Crippen molar-refractivity contribution in [2.75, 3.05) is 9.80 Å². The van der Waals surface area contributed by atoms with E-state index in [2.05, 4.69) is 195 Å². The monoisotopic (exact) mass is 642 g/mol. The summed E-state index contributed by atoms with van der Waals surface area (Å²) in [5.41, 5.74) is 20.2. The largest absolute Gasteiger partial charge is 0.306 e. The maximum absolute atomic E-state index is 2.52. The fourth-order valence-corrected chi connectivity index (χ4v) is 8.96. The predicted molar refractivity (Wildman–Crippen MR) is 210 cm³/mol. The number of para-hydroxylation sites is 2. The molecule has 2 heterocycles. The minimum absolute atomic E-state index is 0.0251. The van der Waals surface area contributed by atoms with Crippen LogP contribution < -0.4 is 9.80 Å². The smallest absolute Gasteiger partial charge is 0.0744 e. The summed E-state index contributed by atoms with van der Waals surface area (Å²) in [6, 6.07) is 58.6. The first kappa shape index (κ1) is 29.1. The number of hydrogen-bond acceptors (Lipinski definition) is 2. The molecule has 3 aliphatic rings. The van der Waals surface area contributed by atoms with Gasteiger partial charge in [0.05, 0.1) is 28.4 Å². The lowest BCUT2D eigenvalue weighted by Crippen LogP contribution is -2.34. The second-order valence-corrected chi connectivity index (χ2v) is 15.0. The number of rotatable bonds is 3. The molecule has 0 radical (unpaired) electrons. The Morgan fingerprint density at radius 2 is 0.920 bits per heavy atom. The van der Waals surface area contributed by atoms with Crippen LogP contribution in [-0.4, -0.2) is 0 Å². The van der Waals surface area contributed by atoms with Crippen LogP contribution in [0, 0.1) is 0 Å². The number of nitrogens with zero attached hydrogens (tertiary/aromatic N) is 2. The summed E-state index contributed by atoms with van der Waals surface area (Å²) in [5.74, 6) is 0. The topological polar surface area (TPSA) is 6.48 Å². The SMILES string of the molecule is CC1(C)c2ccccc2-c2ccc(-c3ccc(N4c5ccc(-c6ccccc6)cc5N5c6ccccc6C(C)(C)c6cccc4c65)cc3)cc21. The fourth-order valence-electron chi connectivity index (χ4n) is 8.96. The summed E-state index contributed by atoms with van der Waals surface area (Å²) in [6.07, 6.45) is 0. The molecule has 0 aromatic heterocycles. The molecule has 10 rings (SSSR count). The molecular formula is C48H38N2. The van der Waals surface area contributed by atoms with E-state index in [4.69, 9.17) is 0 Å². The van der Waals surface area contributed by atoms with E-state index in [1.54, 1.807) is 0 Å². The zero-order chi connectivity index (χ0) is 33.8. The van der Waals surface area contributed by atoms with Crippen LogP contribution in [0.15, 0.2) is 158 Å². The zero-order valence-electron chi connectivity index (χ0n) is 28.9. The Morgan fingerprint density at radius 3 is 1.74 bits per heavy atom. The van der Waals surface area contributed by atoms with Gasteiger partial charge in [-0.2, -0.15) is 0 Å². The van der Waals surface area contributed by atoms with Crippen LogP contribution in [0.25, 0.3) is 33.4 Å². The highest BCUT2D eigenvalue weighted by Crippen LogP contribution is 2.62. The van der Waals surface area contributed by atoms with Crippen molar-refractivity contribution < 1.29 is 0 Å². The highest BCUT2D eigenvalue weighted by molar-refractivity contribution is 6.06. The van der Waals surface area contributed by atoms with Gasteiger partial charge in [0, 0.05) is 16.5 Å². The third-order valence-corrected chi connectivity index (χ3v) is 11.6. The summed E-state index contributed by atoms with van der Waals surface area (Å²) in [5, 5.41) is 0. The van der Waals surface area contributed by atoms with Gasteiger partial charge in [0.25, 0.3) is 0 Å². The molecule has 2 heteroatoms. The van der Waals surface area contributed by atoms with E-state index >= 15 is 0 Å². The molecule has 0 bridgehead atoms. The van der Waals surface area contributed by atoms with Gasteiger partial charge in [0.1, 0.15) is 0 Å². The molecule has 0 N–H and O–H groups in total. The van der Waals surface area contributed by atoms with Gasteiger partial charge in [-0.1, -0.05) is 143 Å². The van der Waals surface area contributed by atoms with Gasteiger partial charge < -0.3 is 9.80 Å². The lowest BCUT2D eigenvalue weighted by atomic mass is 9.72. The molecule has 0 atom stereocenters. The first-order valence-corrected chi connectivity index (χ1v) is 17.7. The van der Waals surface area contributed by atoms with Crippen molar-refractivity contribution in [2.24, 2.45) is 0 Å². The molecule has 0 spiro atoms. The molecule has 1 aliphatic carbocycles. The Morgan fingerprint density at radius 1 is 0.340 bits per heavy atom. The number of fused-ring (bicyclic) bond motifs is 7. The molecule has 0 fully saturated rings. The maximum Gasteiger partial charge on any atom is 0.0744 e. The Balaban J connectivity index is 1.13. The van der Waals surface area contributed by atoms with Crippen LogP contribution in [0.4, 0.5) is 34.1 Å². The van der Waals surface area contributed by atoms with Crippen molar-refractivity contribution in [2.45, 2.75) is 38.5 Å². The van der Waals surface area contributed by atoms with Crippen LogP contribution >= 0.6 is 0 Å². The number of hydrogen-bond donors (Lipinski definition) is 0. The highest BCUT2D eigenvalue weighted by atomic mass is 15.3. The van der Waals surface area contributed by atoms with Crippen LogP contribution in [-0.2, 0) is 10.8 Å². The molecule has 50 heavy (non-hydrogen) atoms. The fraction of sp³-hybridized carbons (Fsp3) is 0.125. The number of anilines is 6. The van der Waals surface area contributed by atoms with Gasteiger partial charge in [-0.05, 0) is 98.1 Å². The zero-order valence-corrected chi connectivity index (χ0v) is 28.9. The molecular weight excluding hydrogens is 605 g/mol. The van der Waals surface area contributed by atoms with E-state index in [0.29, 0.717) is 0 Å². The molecule has 7 aromatic rings. The molecule has 2 aliphatic heterocycles. The second kappa shape index (κ2) is 10.3. The second-order valence-electron chi connectivity index (χ2n) is 15.0. The third-order valence-electron chi connectivity index (χ3n) is 11.6. The summed E-state index contributed by atoms with van der Waals surface area (Å²) >= 11 is 0. The van der Waals surface area contributed by atoms with Gasteiger partial charge in [0.2, 0.25) is 0 Å². The first-order chi connectivity index (χ1) is 24.3. The molecule has 0 unspecified atom stereocenters. The third kappa shape index (κ3) is 3.96. The quantitative estimate of drug-likeness (QED) is 0.189. The Labute approximate surface area is 294 Å². The Hall–Kier alpha value is -5.86. The molecule has 0 saturated carbocycles. The van der Waals surface area contributed by atoms with Crippen molar-refractivity contribution in [1.29, 1.82) is 0 Å². The average Bonchev–Trinajstić information content (AvgIpc) is 3.39. The predicted octanol–water partition coefficient (Wildman–Crippen LogP) is 13.2. The van der Waals surface area contributed by atoms with Gasteiger partial charge in [-0.25, -0.2) is 0 Å². The minimum Gasteiger partial charge on any atom is -0.306 e. The maximum atomic E-state index is 2.52. The lowest BCUT2D eigenvalue weighted by molar-refractivity contribution is 0.631. The highest BCUT2D eigenvalue weighted by Gasteiger charge is 2.42. The normalized spacial score (nSPS) is 15.4. The summed E-state index contributed by atoms with van der Waals surface area (Å²) < 4.78 is 0. The lowest BCUT2D eigenvalue weighted by Gasteiger charge is -2.48. The average molecular weight is 643 g/mol. The van der Waals surface area contributed by atoms with Gasteiger partial charge in [0.15, 0.2) is 0 Å². The minimum atomic E-state index is -0.149. The van der Waals surface area contributed by atoms with Crippen LogP contribution in [0.5, 0.6) is 0 Å². The Kier molecular flexibility index (Phi) is 6.01. The van der Waals surface area contributed by atoms with E-state index < -0.39 is 0 Å². The number of benzene rings is 7. The van der Waals surface area contributed by atoms with Crippen LogP contribution in [0.1, 0.15) is 49.9 Å². The molecule has 240 valence electrons. The van der Waals surface area contributed by atoms with Crippen molar-refractivity contribution in [1.82, 2.24) is 0 Å². The van der Waals surface area contributed by atoms with Crippen molar-refractivity contribution >= 4 is 34.1 Å². The van der Waals surface area contributed by atoms with Gasteiger partial charge in [-0.15, -0.1) is 0 Å².